The minimum Gasteiger partial charge on any atom is -0.463 e. The van der Waals surface area contributed by atoms with E-state index in [1.165, 1.54) is 11.3 Å². The van der Waals surface area contributed by atoms with E-state index in [0.717, 1.165) is 15.8 Å². The first kappa shape index (κ1) is 7.99. The lowest BCUT2D eigenvalue weighted by atomic mass is 10.3. The predicted molar refractivity (Wildman–Crippen MR) is 54.1 cm³/mol. The van der Waals surface area contributed by atoms with Gasteiger partial charge >= 0.3 is 6.01 Å². The van der Waals surface area contributed by atoms with Crippen molar-refractivity contribution < 1.29 is 4.74 Å². The number of fused-ring (bicyclic) bond motifs is 2. The Kier molecular flexibility index (Phi) is 1.47. The van der Waals surface area contributed by atoms with Gasteiger partial charge in [-0.15, -0.1) is 11.3 Å². The summed E-state index contributed by atoms with van der Waals surface area (Å²) in [5.74, 6) is 0. The molecule has 0 bridgehead atoms. The van der Waals surface area contributed by atoms with Gasteiger partial charge in [0, 0.05) is 0 Å². The zero-order chi connectivity index (χ0) is 9.71. The zero-order valence-corrected chi connectivity index (χ0v) is 8.43. The molecule has 0 amide bonds. The fourth-order valence-corrected chi connectivity index (χ4v) is 2.58. The molecule has 5 heteroatoms. The molecular formula is C9H8N2O2S. The average molecular weight is 208 g/mol. The van der Waals surface area contributed by atoms with Gasteiger partial charge in [-0.3, -0.25) is 9.36 Å². The number of thiophene rings is 1. The van der Waals surface area contributed by atoms with E-state index in [4.69, 9.17) is 4.74 Å². The summed E-state index contributed by atoms with van der Waals surface area (Å²) in [5.41, 5.74) is 1.03. The highest BCUT2D eigenvalue weighted by molar-refractivity contribution is 7.16. The number of hydrogen-bond donors (Lipinski definition) is 0. The molecule has 0 saturated carbocycles. The minimum atomic E-state index is 0.0289. The Bertz CT molecular complexity index is 570. The molecule has 0 atom stereocenters. The highest BCUT2D eigenvalue weighted by Gasteiger charge is 2.18. The number of aryl methyl sites for hydroxylation is 1. The van der Waals surface area contributed by atoms with Crippen LogP contribution in [-0.4, -0.2) is 16.2 Å². The summed E-state index contributed by atoms with van der Waals surface area (Å²) in [5, 5.41) is 2.69. The van der Waals surface area contributed by atoms with Crippen LogP contribution in [0.1, 0.15) is 5.56 Å². The molecule has 3 rings (SSSR count). The standard InChI is InChI=1S/C9H8N2O2S/c1-5-4-14-7-6(5)8(12)11-2-3-13-9(11)10-7/h4H,2-3H2,1H3. The van der Waals surface area contributed by atoms with Crippen LogP contribution in [0.25, 0.3) is 10.2 Å². The third kappa shape index (κ3) is 0.874. The number of aromatic nitrogens is 2. The lowest BCUT2D eigenvalue weighted by Crippen LogP contribution is -2.18. The summed E-state index contributed by atoms with van der Waals surface area (Å²) in [7, 11) is 0. The first-order valence-corrected chi connectivity index (χ1v) is 5.27. The minimum absolute atomic E-state index is 0.0289. The van der Waals surface area contributed by atoms with Crippen LogP contribution in [0.3, 0.4) is 0 Å². The Morgan fingerprint density at radius 3 is 3.36 bits per heavy atom. The molecule has 1 aliphatic heterocycles. The molecule has 0 saturated heterocycles. The van der Waals surface area contributed by atoms with Gasteiger partial charge in [-0.1, -0.05) is 0 Å². The van der Waals surface area contributed by atoms with Crippen molar-refractivity contribution in [1.82, 2.24) is 9.55 Å². The van der Waals surface area contributed by atoms with Crippen molar-refractivity contribution in [2.75, 3.05) is 6.61 Å². The molecule has 72 valence electrons. The number of ether oxygens (including phenoxy) is 1. The van der Waals surface area contributed by atoms with Crippen molar-refractivity contribution in [3.05, 3.63) is 21.3 Å². The summed E-state index contributed by atoms with van der Waals surface area (Å²) in [6.07, 6.45) is 0. The highest BCUT2D eigenvalue weighted by Crippen LogP contribution is 2.23. The summed E-state index contributed by atoms with van der Waals surface area (Å²) < 4.78 is 6.85. The van der Waals surface area contributed by atoms with Gasteiger partial charge in [-0.05, 0) is 17.9 Å². The van der Waals surface area contributed by atoms with Crippen LogP contribution in [-0.2, 0) is 6.54 Å². The normalized spacial score (nSPS) is 14.4. The maximum absolute atomic E-state index is 12.0. The van der Waals surface area contributed by atoms with Crippen LogP contribution in [0, 0.1) is 6.92 Å². The van der Waals surface area contributed by atoms with E-state index in [1.54, 1.807) is 4.57 Å². The molecule has 0 aromatic carbocycles. The molecule has 1 aliphatic rings. The van der Waals surface area contributed by atoms with Gasteiger partial charge in [0.05, 0.1) is 11.9 Å². The van der Waals surface area contributed by atoms with Crippen LogP contribution in [0.2, 0.25) is 0 Å². The lowest BCUT2D eigenvalue weighted by Gasteiger charge is -1.99. The Labute approximate surface area is 83.8 Å². The average Bonchev–Trinajstić information content (AvgIpc) is 2.74. The molecule has 0 spiro atoms. The van der Waals surface area contributed by atoms with Crippen molar-refractivity contribution in [3.8, 4) is 6.01 Å². The fraction of sp³-hybridized carbons (Fsp3) is 0.333. The summed E-state index contributed by atoms with van der Waals surface area (Å²) >= 11 is 1.49. The first-order chi connectivity index (χ1) is 6.77. The molecule has 14 heavy (non-hydrogen) atoms. The molecule has 4 nitrogen and oxygen atoms in total. The van der Waals surface area contributed by atoms with Crippen molar-refractivity contribution in [1.29, 1.82) is 0 Å². The molecule has 0 radical (unpaired) electrons. The van der Waals surface area contributed by atoms with Gasteiger partial charge in [0.15, 0.2) is 0 Å². The Balaban J connectivity index is 2.53. The molecule has 3 heterocycles. The number of hydrogen-bond acceptors (Lipinski definition) is 4. The zero-order valence-electron chi connectivity index (χ0n) is 7.61. The maximum atomic E-state index is 12.0. The summed E-state index contributed by atoms with van der Waals surface area (Å²) in [6.45, 7) is 3.11. The monoisotopic (exact) mass is 208 g/mol. The predicted octanol–water partition coefficient (Wildman–Crippen LogP) is 1.16. The quantitative estimate of drug-likeness (QED) is 0.652. The molecular weight excluding hydrogens is 200 g/mol. The van der Waals surface area contributed by atoms with E-state index in [9.17, 15) is 4.79 Å². The van der Waals surface area contributed by atoms with E-state index in [2.05, 4.69) is 4.98 Å². The van der Waals surface area contributed by atoms with E-state index in [1.807, 2.05) is 12.3 Å². The van der Waals surface area contributed by atoms with Gasteiger partial charge in [-0.25, -0.2) is 0 Å². The second-order valence-corrected chi connectivity index (χ2v) is 4.16. The van der Waals surface area contributed by atoms with Crippen molar-refractivity contribution in [2.45, 2.75) is 13.5 Å². The van der Waals surface area contributed by atoms with E-state index in [0.29, 0.717) is 19.2 Å². The Morgan fingerprint density at radius 2 is 2.50 bits per heavy atom. The van der Waals surface area contributed by atoms with E-state index >= 15 is 0 Å². The topological polar surface area (TPSA) is 44.1 Å². The van der Waals surface area contributed by atoms with Gasteiger partial charge < -0.3 is 4.74 Å². The Morgan fingerprint density at radius 1 is 1.64 bits per heavy atom. The van der Waals surface area contributed by atoms with Gasteiger partial charge in [-0.2, -0.15) is 4.98 Å². The summed E-state index contributed by atoms with van der Waals surface area (Å²) in [4.78, 5) is 17.0. The van der Waals surface area contributed by atoms with E-state index in [-0.39, 0.29) is 5.56 Å². The van der Waals surface area contributed by atoms with E-state index < -0.39 is 0 Å². The first-order valence-electron chi connectivity index (χ1n) is 4.39. The highest BCUT2D eigenvalue weighted by atomic mass is 32.1. The molecule has 2 aromatic heterocycles. The molecule has 0 fully saturated rings. The third-order valence-electron chi connectivity index (χ3n) is 2.39. The SMILES string of the molecule is Cc1csc2nc3n(c(=O)c12)CCO3. The second-order valence-electron chi connectivity index (χ2n) is 3.30. The van der Waals surface area contributed by atoms with Gasteiger partial charge in [0.2, 0.25) is 0 Å². The molecule has 0 unspecified atom stereocenters. The largest absolute Gasteiger partial charge is 0.463 e. The van der Waals surface area contributed by atoms with Crippen LogP contribution in [0.5, 0.6) is 6.01 Å². The summed E-state index contributed by atoms with van der Waals surface area (Å²) in [6, 6.07) is 0.462. The van der Waals surface area contributed by atoms with Crippen LogP contribution in [0.15, 0.2) is 10.2 Å². The molecule has 0 aliphatic carbocycles. The fourth-order valence-electron chi connectivity index (χ4n) is 1.68. The third-order valence-corrected chi connectivity index (χ3v) is 3.38. The lowest BCUT2D eigenvalue weighted by molar-refractivity contribution is 0.345. The molecule has 2 aromatic rings. The number of nitrogens with zero attached hydrogens (tertiary/aromatic N) is 2. The van der Waals surface area contributed by atoms with Crippen molar-refractivity contribution >= 4 is 21.6 Å². The van der Waals surface area contributed by atoms with Crippen molar-refractivity contribution in [3.63, 3.8) is 0 Å². The maximum Gasteiger partial charge on any atom is 0.300 e. The molecule has 0 N–H and O–H groups in total. The number of rotatable bonds is 0. The smallest absolute Gasteiger partial charge is 0.300 e. The van der Waals surface area contributed by atoms with Crippen LogP contribution >= 0.6 is 11.3 Å². The van der Waals surface area contributed by atoms with Crippen LogP contribution < -0.4 is 10.3 Å². The van der Waals surface area contributed by atoms with Gasteiger partial charge in [0.25, 0.3) is 5.56 Å². The van der Waals surface area contributed by atoms with Crippen molar-refractivity contribution in [2.24, 2.45) is 0 Å². The Hall–Kier alpha value is -1.36. The van der Waals surface area contributed by atoms with Gasteiger partial charge in [0.1, 0.15) is 11.4 Å². The van der Waals surface area contributed by atoms with Crippen LogP contribution in [0.4, 0.5) is 0 Å². The second kappa shape index (κ2) is 2.57.